The van der Waals surface area contributed by atoms with E-state index in [2.05, 4.69) is 48.6 Å². The van der Waals surface area contributed by atoms with Gasteiger partial charge in [0.15, 0.2) is 6.29 Å². The topological polar surface area (TPSA) is 114 Å². The fourth-order valence-corrected chi connectivity index (χ4v) is 4.44. The van der Waals surface area contributed by atoms with Crippen molar-refractivity contribution in [2.24, 2.45) is 4.99 Å². The smallest absolute Gasteiger partial charge is 0.417 e. The Morgan fingerprint density at radius 2 is 2.11 bits per heavy atom. The Bertz CT molecular complexity index is 1390. The van der Waals surface area contributed by atoms with Crippen LogP contribution in [0, 0.1) is 11.3 Å². The molecule has 0 saturated carbocycles. The second-order valence-corrected chi connectivity index (χ2v) is 9.15. The Morgan fingerprint density at radius 1 is 1.27 bits per heavy atom. The zero-order valence-corrected chi connectivity index (χ0v) is 20.2. The number of allylic oxidation sites excluding steroid dienone is 1. The van der Waals surface area contributed by atoms with Gasteiger partial charge in [0.1, 0.15) is 17.8 Å². The number of hydrogen-bond donors (Lipinski definition) is 3. The van der Waals surface area contributed by atoms with Gasteiger partial charge in [0.2, 0.25) is 5.88 Å². The first-order valence-electron chi connectivity index (χ1n) is 11.8. The van der Waals surface area contributed by atoms with Crippen LogP contribution < -0.4 is 15.4 Å². The van der Waals surface area contributed by atoms with Crippen LogP contribution in [0.25, 0.3) is 16.7 Å². The van der Waals surface area contributed by atoms with Gasteiger partial charge >= 0.3 is 6.18 Å². The molecular formula is C25H25F3N8O. The van der Waals surface area contributed by atoms with Gasteiger partial charge in [-0.15, -0.1) is 0 Å². The maximum absolute atomic E-state index is 13.3. The van der Waals surface area contributed by atoms with Crippen LogP contribution in [0.5, 0.6) is 5.88 Å². The molecule has 1 saturated heterocycles. The molecule has 2 aliphatic heterocycles. The highest BCUT2D eigenvalue weighted by atomic mass is 19.4. The fourth-order valence-electron chi connectivity index (χ4n) is 4.44. The molecule has 192 valence electrons. The van der Waals surface area contributed by atoms with Gasteiger partial charge in [0.25, 0.3) is 0 Å². The van der Waals surface area contributed by atoms with Crippen molar-refractivity contribution in [1.29, 1.82) is 5.26 Å². The van der Waals surface area contributed by atoms with Crippen LogP contribution in [0.3, 0.4) is 0 Å². The lowest BCUT2D eigenvalue weighted by Crippen LogP contribution is -2.43. The number of aromatic nitrogens is 3. The van der Waals surface area contributed by atoms with Gasteiger partial charge in [-0.25, -0.2) is 9.97 Å². The first kappa shape index (κ1) is 24.7. The molecule has 0 aromatic carbocycles. The average molecular weight is 511 g/mol. The number of nitrogens with one attached hydrogen (secondary N) is 3. The molecule has 0 bridgehead atoms. The Labute approximate surface area is 211 Å². The largest absolute Gasteiger partial charge is 0.473 e. The molecular weight excluding hydrogens is 485 g/mol. The van der Waals surface area contributed by atoms with Crippen LogP contribution >= 0.6 is 0 Å². The Morgan fingerprint density at radius 3 is 2.78 bits per heavy atom. The number of halogens is 3. The quantitative estimate of drug-likeness (QED) is 0.464. The van der Waals surface area contributed by atoms with E-state index >= 15 is 0 Å². The molecule has 0 spiro atoms. The number of fused-ring (bicyclic) bond motifs is 1. The van der Waals surface area contributed by atoms with Crippen molar-refractivity contribution < 1.29 is 17.9 Å². The number of hydrogen-bond acceptors (Lipinski definition) is 8. The highest BCUT2D eigenvalue weighted by Crippen LogP contribution is 2.33. The third-order valence-electron chi connectivity index (χ3n) is 6.45. The Balaban J connectivity index is 1.31. The number of nitrogens with zero attached hydrogens (tertiary/aromatic N) is 5. The van der Waals surface area contributed by atoms with E-state index in [0.29, 0.717) is 17.1 Å². The van der Waals surface area contributed by atoms with Crippen LogP contribution in [0.15, 0.2) is 47.4 Å². The van der Waals surface area contributed by atoms with Crippen molar-refractivity contribution in [2.45, 2.75) is 38.0 Å². The van der Waals surface area contributed by atoms with Crippen molar-refractivity contribution in [3.8, 4) is 11.9 Å². The number of rotatable bonds is 6. The second-order valence-electron chi connectivity index (χ2n) is 9.15. The summed E-state index contributed by atoms with van der Waals surface area (Å²) in [6.45, 7) is 3.81. The van der Waals surface area contributed by atoms with Crippen molar-refractivity contribution in [3.05, 3.63) is 59.1 Å². The first-order chi connectivity index (χ1) is 17.7. The summed E-state index contributed by atoms with van der Waals surface area (Å²) in [6, 6.07) is 6.65. The predicted octanol–water partition coefficient (Wildman–Crippen LogP) is 3.60. The molecule has 2 aliphatic rings. The normalized spacial score (nSPS) is 21.2. The standard InChI is InChI=1S/C25H25F3N8O/c1-14(15-3-4-21(30-9-15)37-18-5-6-36(2)13-18)34-24-33-10-16(8-29)22(35-24)20-12-32-23-19(20)7-17(11-31-23)25(26,27)28/h3-4,7,9-12,14,18,24,34-35H,5-6,13H2,1-2H3,(H,31,32)/t14?,18-,24?/m1/s1. The summed E-state index contributed by atoms with van der Waals surface area (Å²) in [7, 11) is 2.06. The summed E-state index contributed by atoms with van der Waals surface area (Å²) in [5.74, 6) is 0.570. The number of aliphatic imine (C=N–C) groups is 1. The summed E-state index contributed by atoms with van der Waals surface area (Å²) >= 11 is 0. The van der Waals surface area contributed by atoms with E-state index in [1.165, 1.54) is 12.4 Å². The van der Waals surface area contributed by atoms with Crippen molar-refractivity contribution in [3.63, 3.8) is 0 Å². The summed E-state index contributed by atoms with van der Waals surface area (Å²) < 4.78 is 45.8. The van der Waals surface area contributed by atoms with E-state index in [1.54, 1.807) is 6.20 Å². The van der Waals surface area contributed by atoms with Gasteiger partial charge in [0.05, 0.1) is 16.8 Å². The third-order valence-corrected chi connectivity index (χ3v) is 6.45. The van der Waals surface area contributed by atoms with Crippen molar-refractivity contribution in [2.75, 3.05) is 20.1 Å². The maximum atomic E-state index is 13.3. The molecule has 3 atom stereocenters. The molecule has 12 heteroatoms. The summed E-state index contributed by atoms with van der Waals surface area (Å²) in [5, 5.41) is 16.3. The minimum Gasteiger partial charge on any atom is -0.473 e. The minimum absolute atomic E-state index is 0.131. The van der Waals surface area contributed by atoms with E-state index < -0.39 is 18.0 Å². The average Bonchev–Trinajstić information content (AvgIpc) is 3.49. The molecule has 0 amide bonds. The molecule has 9 nitrogen and oxygen atoms in total. The molecule has 2 unspecified atom stereocenters. The highest BCUT2D eigenvalue weighted by Gasteiger charge is 2.32. The molecule has 1 fully saturated rings. The SMILES string of the molecule is CC(NC1N=CC(C#N)=C(c2c[nH]c3ncc(C(F)(F)F)cc23)N1)c1ccc(O[C@@H]2CCN(C)C2)nc1. The molecule has 5 rings (SSSR count). The van der Waals surface area contributed by atoms with Crippen LogP contribution in [-0.4, -0.2) is 58.6 Å². The second kappa shape index (κ2) is 9.84. The number of nitriles is 1. The summed E-state index contributed by atoms with van der Waals surface area (Å²) in [4.78, 5) is 17.8. The first-order valence-corrected chi connectivity index (χ1v) is 11.8. The summed E-state index contributed by atoms with van der Waals surface area (Å²) in [6.07, 6.45) is 1.38. The van der Waals surface area contributed by atoms with Gasteiger partial charge in [-0.2, -0.15) is 18.4 Å². The van der Waals surface area contributed by atoms with E-state index in [1.807, 2.05) is 19.1 Å². The Hall–Kier alpha value is -3.95. The zero-order valence-electron chi connectivity index (χ0n) is 20.2. The lowest BCUT2D eigenvalue weighted by atomic mass is 10.1. The number of H-pyrrole nitrogens is 1. The molecule has 3 aromatic rings. The monoisotopic (exact) mass is 510 g/mol. The lowest BCUT2D eigenvalue weighted by molar-refractivity contribution is -0.137. The maximum Gasteiger partial charge on any atom is 0.417 e. The van der Waals surface area contributed by atoms with Gasteiger partial charge < -0.3 is 19.9 Å². The van der Waals surface area contributed by atoms with Crippen molar-refractivity contribution in [1.82, 2.24) is 30.5 Å². The van der Waals surface area contributed by atoms with E-state index in [0.717, 1.165) is 37.3 Å². The van der Waals surface area contributed by atoms with Crippen LogP contribution in [0.4, 0.5) is 13.2 Å². The molecule has 37 heavy (non-hydrogen) atoms. The fraction of sp³-hybridized carbons (Fsp3) is 0.360. The molecule has 3 N–H and O–H groups in total. The number of likely N-dealkylation sites (tertiary alicyclic amines) is 1. The lowest BCUT2D eigenvalue weighted by Gasteiger charge is -2.26. The summed E-state index contributed by atoms with van der Waals surface area (Å²) in [5.41, 5.74) is 1.27. The van der Waals surface area contributed by atoms with Crippen LogP contribution in [-0.2, 0) is 6.18 Å². The van der Waals surface area contributed by atoms with E-state index in [9.17, 15) is 18.4 Å². The molecule has 5 heterocycles. The van der Waals surface area contributed by atoms with Gasteiger partial charge in [0, 0.05) is 61.0 Å². The van der Waals surface area contributed by atoms with E-state index in [4.69, 9.17) is 4.74 Å². The molecule has 0 radical (unpaired) electrons. The Kier molecular flexibility index (Phi) is 6.57. The predicted molar refractivity (Wildman–Crippen MR) is 131 cm³/mol. The van der Waals surface area contributed by atoms with Gasteiger partial charge in [-0.05, 0) is 32.0 Å². The highest BCUT2D eigenvalue weighted by molar-refractivity contribution is 6.01. The number of alkyl halides is 3. The van der Waals surface area contributed by atoms with E-state index in [-0.39, 0.29) is 28.8 Å². The minimum atomic E-state index is -4.54. The van der Waals surface area contributed by atoms with Crippen LogP contribution in [0.1, 0.15) is 36.1 Å². The number of likely N-dealkylation sites (N-methyl/N-ethyl adjacent to an activating group) is 1. The van der Waals surface area contributed by atoms with Gasteiger partial charge in [-0.1, -0.05) is 6.07 Å². The molecule has 3 aromatic heterocycles. The number of ether oxygens (including phenoxy) is 1. The van der Waals surface area contributed by atoms with Gasteiger partial charge in [-0.3, -0.25) is 10.3 Å². The number of pyridine rings is 2. The number of aromatic amines is 1. The van der Waals surface area contributed by atoms with Crippen LogP contribution in [0.2, 0.25) is 0 Å². The zero-order chi connectivity index (χ0) is 26.2. The molecule has 0 aliphatic carbocycles. The van der Waals surface area contributed by atoms with Crippen molar-refractivity contribution >= 4 is 22.9 Å². The third kappa shape index (κ3) is 5.28.